The highest BCUT2D eigenvalue weighted by atomic mass is 32.2. The summed E-state index contributed by atoms with van der Waals surface area (Å²) in [4.78, 5) is 0.109. The number of nitrogens with two attached hydrogens (primary N) is 2. The summed E-state index contributed by atoms with van der Waals surface area (Å²) in [5.41, 5.74) is 7.65. The minimum absolute atomic E-state index is 0.109. The zero-order valence-corrected chi connectivity index (χ0v) is 13.1. The van der Waals surface area contributed by atoms with Gasteiger partial charge in [0.15, 0.2) is 0 Å². The number of nitrogens with one attached hydrogen (secondary N) is 1. The topological polar surface area (TPSA) is 98.2 Å². The Labute approximate surface area is 126 Å². The average molecular weight is 309 g/mol. The van der Waals surface area contributed by atoms with Crippen LogP contribution in [0.5, 0.6) is 0 Å². The van der Waals surface area contributed by atoms with Crippen LogP contribution >= 0.6 is 0 Å². The number of primary sulfonamides is 1. The van der Waals surface area contributed by atoms with Crippen molar-refractivity contribution in [2.45, 2.75) is 37.5 Å². The predicted molar refractivity (Wildman–Crippen MR) is 84.4 cm³/mol. The van der Waals surface area contributed by atoms with Crippen molar-refractivity contribution >= 4 is 21.4 Å². The van der Waals surface area contributed by atoms with E-state index in [-0.39, 0.29) is 4.90 Å². The number of anilines is 2. The summed E-state index contributed by atoms with van der Waals surface area (Å²) in [6.45, 7) is 2.65. The summed E-state index contributed by atoms with van der Waals surface area (Å²) in [5, 5.41) is 8.65. The zero-order valence-electron chi connectivity index (χ0n) is 12.3. The molecule has 2 fully saturated rings. The van der Waals surface area contributed by atoms with Gasteiger partial charge in [0, 0.05) is 17.9 Å². The number of fused-ring (bicyclic) bond motifs is 2. The lowest BCUT2D eigenvalue weighted by molar-refractivity contribution is 0.348. The zero-order chi connectivity index (χ0) is 15.2. The second-order valence-corrected chi connectivity index (χ2v) is 8.08. The quantitative estimate of drug-likeness (QED) is 0.742. The van der Waals surface area contributed by atoms with E-state index in [0.29, 0.717) is 17.2 Å². The third-order valence-corrected chi connectivity index (χ3v) is 6.17. The molecule has 0 heterocycles. The van der Waals surface area contributed by atoms with Crippen molar-refractivity contribution in [1.29, 1.82) is 0 Å². The summed E-state index contributed by atoms with van der Waals surface area (Å²) in [6, 6.07) is 3.21. The molecule has 0 aromatic heterocycles. The van der Waals surface area contributed by atoms with Gasteiger partial charge >= 0.3 is 0 Å². The Morgan fingerprint density at radius 1 is 1.29 bits per heavy atom. The van der Waals surface area contributed by atoms with Crippen molar-refractivity contribution in [1.82, 2.24) is 0 Å². The molecule has 3 atom stereocenters. The molecule has 5 nitrogen and oxygen atoms in total. The van der Waals surface area contributed by atoms with Gasteiger partial charge in [-0.05, 0) is 61.6 Å². The van der Waals surface area contributed by atoms with E-state index in [0.717, 1.165) is 24.1 Å². The second-order valence-electron chi connectivity index (χ2n) is 6.55. The van der Waals surface area contributed by atoms with Crippen LogP contribution in [0.25, 0.3) is 0 Å². The Hall–Kier alpha value is -1.27. The van der Waals surface area contributed by atoms with Crippen molar-refractivity contribution in [2.24, 2.45) is 22.9 Å². The minimum atomic E-state index is -3.74. The van der Waals surface area contributed by atoms with E-state index in [1.807, 2.05) is 0 Å². The monoisotopic (exact) mass is 309 g/mol. The van der Waals surface area contributed by atoms with E-state index in [1.165, 1.54) is 31.7 Å². The fraction of sp³-hybridized carbons (Fsp3) is 0.600. The SMILES string of the molecule is Cc1c(NCC2CC3CCC2C3)cc(N)cc1S(N)(=O)=O. The molecule has 2 aliphatic carbocycles. The Balaban J connectivity index is 1.78. The standard InChI is InChI=1S/C15H23N3O2S/c1-9-14(6-13(16)7-15(9)21(17,19)20)18-8-12-5-10-2-3-11(12)4-10/h6-7,10-12,18H,2-5,8,16H2,1H3,(H2,17,19,20). The van der Waals surface area contributed by atoms with Crippen molar-refractivity contribution < 1.29 is 8.42 Å². The number of rotatable bonds is 4. The summed E-state index contributed by atoms with van der Waals surface area (Å²) >= 11 is 0. The lowest BCUT2D eigenvalue weighted by Crippen LogP contribution is -2.21. The Morgan fingerprint density at radius 2 is 2.05 bits per heavy atom. The first-order chi connectivity index (χ1) is 9.84. The van der Waals surface area contributed by atoms with Crippen LogP contribution in [0.15, 0.2) is 17.0 Å². The molecule has 3 rings (SSSR count). The van der Waals surface area contributed by atoms with Crippen LogP contribution in [0, 0.1) is 24.7 Å². The molecule has 0 aliphatic heterocycles. The highest BCUT2D eigenvalue weighted by Crippen LogP contribution is 2.48. The van der Waals surface area contributed by atoms with Crippen LogP contribution in [-0.4, -0.2) is 15.0 Å². The molecule has 0 radical (unpaired) electrons. The maximum Gasteiger partial charge on any atom is 0.238 e. The van der Waals surface area contributed by atoms with Gasteiger partial charge in [-0.3, -0.25) is 0 Å². The Bertz CT molecular complexity index is 657. The molecule has 5 N–H and O–H groups in total. The molecule has 0 spiro atoms. The molecule has 6 heteroatoms. The third-order valence-electron chi connectivity index (χ3n) is 5.13. The van der Waals surface area contributed by atoms with Gasteiger partial charge in [-0.1, -0.05) is 6.42 Å². The number of nitrogen functional groups attached to an aromatic ring is 1. The highest BCUT2D eigenvalue weighted by Gasteiger charge is 2.39. The van der Waals surface area contributed by atoms with E-state index in [2.05, 4.69) is 5.32 Å². The maximum atomic E-state index is 11.6. The predicted octanol–water partition coefficient (Wildman–Crippen LogP) is 2.07. The van der Waals surface area contributed by atoms with Gasteiger partial charge in [0.05, 0.1) is 4.90 Å². The normalized spacial score (nSPS) is 28.0. The largest absolute Gasteiger partial charge is 0.399 e. The minimum Gasteiger partial charge on any atom is -0.399 e. The van der Waals surface area contributed by atoms with E-state index < -0.39 is 10.0 Å². The van der Waals surface area contributed by atoms with Crippen molar-refractivity contribution in [3.63, 3.8) is 0 Å². The molecule has 2 aliphatic rings. The molecule has 116 valence electrons. The molecular weight excluding hydrogens is 286 g/mol. The van der Waals surface area contributed by atoms with Crippen LogP contribution in [-0.2, 0) is 10.0 Å². The number of benzene rings is 1. The first kappa shape index (κ1) is 14.7. The van der Waals surface area contributed by atoms with Gasteiger partial charge in [0.1, 0.15) is 0 Å². The van der Waals surface area contributed by atoms with Gasteiger partial charge in [0.25, 0.3) is 0 Å². The van der Waals surface area contributed by atoms with Crippen molar-refractivity contribution in [2.75, 3.05) is 17.6 Å². The van der Waals surface area contributed by atoms with Crippen LogP contribution in [0.4, 0.5) is 11.4 Å². The van der Waals surface area contributed by atoms with Gasteiger partial charge < -0.3 is 11.1 Å². The second kappa shape index (κ2) is 5.18. The van der Waals surface area contributed by atoms with E-state index in [1.54, 1.807) is 13.0 Å². The van der Waals surface area contributed by atoms with E-state index in [4.69, 9.17) is 10.9 Å². The van der Waals surface area contributed by atoms with Crippen LogP contribution in [0.3, 0.4) is 0 Å². The molecule has 0 saturated heterocycles. The Kier molecular flexibility index (Phi) is 3.61. The van der Waals surface area contributed by atoms with E-state index >= 15 is 0 Å². The van der Waals surface area contributed by atoms with Crippen LogP contribution in [0.2, 0.25) is 0 Å². The fourth-order valence-corrected chi connectivity index (χ4v) is 4.89. The molecule has 21 heavy (non-hydrogen) atoms. The lowest BCUT2D eigenvalue weighted by atomic mass is 9.89. The number of hydrogen-bond acceptors (Lipinski definition) is 4. The van der Waals surface area contributed by atoms with Crippen molar-refractivity contribution in [3.8, 4) is 0 Å². The molecule has 0 amide bonds. The number of sulfonamides is 1. The average Bonchev–Trinajstić information content (AvgIpc) is 3.00. The molecule has 1 aromatic carbocycles. The van der Waals surface area contributed by atoms with Crippen molar-refractivity contribution in [3.05, 3.63) is 17.7 Å². The summed E-state index contributed by atoms with van der Waals surface area (Å²) in [5.74, 6) is 2.44. The third kappa shape index (κ3) is 2.87. The smallest absolute Gasteiger partial charge is 0.238 e. The van der Waals surface area contributed by atoms with Gasteiger partial charge in [0.2, 0.25) is 10.0 Å². The van der Waals surface area contributed by atoms with Gasteiger partial charge in [-0.2, -0.15) is 0 Å². The van der Waals surface area contributed by atoms with E-state index in [9.17, 15) is 8.42 Å². The summed E-state index contributed by atoms with van der Waals surface area (Å²) in [7, 11) is -3.74. The highest BCUT2D eigenvalue weighted by molar-refractivity contribution is 7.89. The molecular formula is C15H23N3O2S. The fourth-order valence-electron chi connectivity index (χ4n) is 4.06. The maximum absolute atomic E-state index is 11.6. The lowest BCUT2D eigenvalue weighted by Gasteiger charge is -2.23. The molecule has 2 bridgehead atoms. The summed E-state index contributed by atoms with van der Waals surface area (Å²) < 4.78 is 23.2. The molecule has 1 aromatic rings. The first-order valence-corrected chi connectivity index (χ1v) is 9.06. The molecule has 2 saturated carbocycles. The van der Waals surface area contributed by atoms with Gasteiger partial charge in [-0.25, -0.2) is 13.6 Å². The number of hydrogen-bond donors (Lipinski definition) is 3. The summed E-state index contributed by atoms with van der Waals surface area (Å²) in [6.07, 6.45) is 5.38. The van der Waals surface area contributed by atoms with Gasteiger partial charge in [-0.15, -0.1) is 0 Å². The van der Waals surface area contributed by atoms with Crippen LogP contribution < -0.4 is 16.2 Å². The molecule has 3 unspecified atom stereocenters. The Morgan fingerprint density at radius 3 is 2.62 bits per heavy atom. The first-order valence-electron chi connectivity index (χ1n) is 7.51. The van der Waals surface area contributed by atoms with Crippen LogP contribution in [0.1, 0.15) is 31.2 Å².